The number of carbonyl (C=O) groups is 2. The quantitative estimate of drug-likeness (QED) is 0.517. The van der Waals surface area contributed by atoms with Gasteiger partial charge in [0.2, 0.25) is 5.91 Å². The highest BCUT2D eigenvalue weighted by molar-refractivity contribution is 7.18. The number of rotatable bonds is 4. The van der Waals surface area contributed by atoms with Gasteiger partial charge in [0.15, 0.2) is 5.69 Å². The molecule has 32 heavy (non-hydrogen) atoms. The van der Waals surface area contributed by atoms with Crippen LogP contribution in [0.2, 0.25) is 0 Å². The first kappa shape index (κ1) is 20.3. The second kappa shape index (κ2) is 8.16. The van der Waals surface area contributed by atoms with Gasteiger partial charge in [0, 0.05) is 11.9 Å². The first-order valence-electron chi connectivity index (χ1n) is 10.5. The Morgan fingerprint density at radius 2 is 1.81 bits per heavy atom. The monoisotopic (exact) mass is 447 g/mol. The van der Waals surface area contributed by atoms with Crippen molar-refractivity contribution in [3.63, 3.8) is 0 Å². The molecule has 1 aliphatic heterocycles. The van der Waals surface area contributed by atoms with Crippen LogP contribution in [0.4, 0.5) is 0 Å². The molecule has 2 N–H and O–H groups in total. The number of fused-ring (bicyclic) bond motifs is 2. The molecule has 5 rings (SSSR count). The summed E-state index contributed by atoms with van der Waals surface area (Å²) in [5, 5.41) is 5.73. The molecule has 1 aliphatic rings. The molecule has 8 nitrogen and oxygen atoms in total. The maximum absolute atomic E-state index is 13.3. The predicted molar refractivity (Wildman–Crippen MR) is 122 cm³/mol. The number of benzene rings is 2. The molecule has 4 aromatic rings. The molecule has 1 fully saturated rings. The molecular formula is C23H21N5O3S. The van der Waals surface area contributed by atoms with Crippen molar-refractivity contribution in [3.8, 4) is 0 Å². The maximum Gasteiger partial charge on any atom is 0.275 e. The van der Waals surface area contributed by atoms with Crippen LogP contribution in [0.5, 0.6) is 0 Å². The Kier molecular flexibility index (Phi) is 5.18. The van der Waals surface area contributed by atoms with Crippen molar-refractivity contribution < 1.29 is 9.59 Å². The molecule has 2 amide bonds. The number of aromatic nitrogens is 3. The number of para-hydroxylation sites is 1. The van der Waals surface area contributed by atoms with E-state index in [4.69, 9.17) is 10.7 Å². The fourth-order valence-corrected chi connectivity index (χ4v) is 5.38. The van der Waals surface area contributed by atoms with E-state index in [-0.39, 0.29) is 24.2 Å². The van der Waals surface area contributed by atoms with Crippen molar-refractivity contribution in [2.75, 3.05) is 6.54 Å². The van der Waals surface area contributed by atoms with E-state index in [9.17, 15) is 14.4 Å². The van der Waals surface area contributed by atoms with E-state index >= 15 is 0 Å². The average Bonchev–Trinajstić information content (AvgIpc) is 3.25. The van der Waals surface area contributed by atoms with Crippen LogP contribution < -0.4 is 11.3 Å². The van der Waals surface area contributed by atoms with Gasteiger partial charge < -0.3 is 10.6 Å². The first-order chi connectivity index (χ1) is 15.5. The lowest BCUT2D eigenvalue weighted by molar-refractivity contribution is -0.136. The summed E-state index contributed by atoms with van der Waals surface area (Å²) in [4.78, 5) is 44.7. The summed E-state index contributed by atoms with van der Waals surface area (Å²) < 4.78 is 2.13. The van der Waals surface area contributed by atoms with Crippen molar-refractivity contribution >= 4 is 44.1 Å². The van der Waals surface area contributed by atoms with E-state index in [1.54, 1.807) is 40.5 Å². The molecule has 0 bridgehead atoms. The van der Waals surface area contributed by atoms with Gasteiger partial charge in [0.05, 0.1) is 21.6 Å². The van der Waals surface area contributed by atoms with Gasteiger partial charge in [-0.25, -0.2) is 9.67 Å². The Balaban J connectivity index is 1.49. The highest BCUT2D eigenvalue weighted by Gasteiger charge is 2.31. The van der Waals surface area contributed by atoms with Crippen LogP contribution in [-0.4, -0.2) is 38.0 Å². The van der Waals surface area contributed by atoms with Gasteiger partial charge in [-0.3, -0.25) is 14.4 Å². The Labute approximate surface area is 187 Å². The molecule has 162 valence electrons. The molecule has 3 heterocycles. The third-order valence-electron chi connectivity index (χ3n) is 5.80. The molecule has 0 radical (unpaired) electrons. The van der Waals surface area contributed by atoms with Crippen molar-refractivity contribution in [2.24, 2.45) is 5.73 Å². The summed E-state index contributed by atoms with van der Waals surface area (Å²) in [5.74, 6) is -0.970. The molecule has 0 aliphatic carbocycles. The van der Waals surface area contributed by atoms with Crippen LogP contribution >= 0.6 is 11.3 Å². The number of thiazole rings is 1. The lowest BCUT2D eigenvalue weighted by Gasteiger charge is -2.34. The Bertz CT molecular complexity index is 1380. The van der Waals surface area contributed by atoms with Gasteiger partial charge in [-0.2, -0.15) is 5.10 Å². The van der Waals surface area contributed by atoms with E-state index in [0.29, 0.717) is 17.3 Å². The minimum Gasteiger partial charge on any atom is -0.364 e. The van der Waals surface area contributed by atoms with Gasteiger partial charge in [-0.1, -0.05) is 30.3 Å². The fraction of sp³-hybridized carbons (Fsp3) is 0.261. The molecule has 1 atom stereocenters. The zero-order valence-corrected chi connectivity index (χ0v) is 18.0. The second-order valence-corrected chi connectivity index (χ2v) is 8.90. The summed E-state index contributed by atoms with van der Waals surface area (Å²) in [6.45, 7) is 0.329. The second-order valence-electron chi connectivity index (χ2n) is 7.84. The Hall–Kier alpha value is -3.59. The lowest BCUT2D eigenvalue weighted by Crippen LogP contribution is -2.42. The molecule has 1 saturated heterocycles. The van der Waals surface area contributed by atoms with Crippen LogP contribution in [0.3, 0.4) is 0 Å². The number of amides is 2. The number of primary amides is 1. The zero-order chi connectivity index (χ0) is 22.2. The highest BCUT2D eigenvalue weighted by atomic mass is 32.1. The van der Waals surface area contributed by atoms with Gasteiger partial charge in [-0.05, 0) is 37.5 Å². The van der Waals surface area contributed by atoms with Gasteiger partial charge in [-0.15, -0.1) is 11.3 Å². The molecule has 1 unspecified atom stereocenters. The zero-order valence-electron chi connectivity index (χ0n) is 17.2. The lowest BCUT2D eigenvalue weighted by atomic mass is 10.0. The summed E-state index contributed by atoms with van der Waals surface area (Å²) in [5.41, 5.74) is 5.97. The van der Waals surface area contributed by atoms with Gasteiger partial charge in [0.1, 0.15) is 11.6 Å². The van der Waals surface area contributed by atoms with Crippen LogP contribution in [0.15, 0.2) is 53.3 Å². The Morgan fingerprint density at radius 3 is 2.59 bits per heavy atom. The summed E-state index contributed by atoms with van der Waals surface area (Å²) in [6.07, 6.45) is 2.71. The largest absolute Gasteiger partial charge is 0.364 e. The summed E-state index contributed by atoms with van der Waals surface area (Å²) in [7, 11) is 0. The number of hydrogen-bond acceptors (Lipinski definition) is 6. The third-order valence-corrected chi connectivity index (χ3v) is 6.94. The maximum atomic E-state index is 13.3. The molecule has 9 heteroatoms. The van der Waals surface area contributed by atoms with E-state index in [1.807, 2.05) is 24.3 Å². The highest BCUT2D eigenvalue weighted by Crippen LogP contribution is 2.35. The molecule has 2 aromatic carbocycles. The summed E-state index contributed by atoms with van der Waals surface area (Å²) >= 11 is 1.59. The van der Waals surface area contributed by atoms with Crippen molar-refractivity contribution in [3.05, 3.63) is 69.6 Å². The van der Waals surface area contributed by atoms with Gasteiger partial charge in [0.25, 0.3) is 11.5 Å². The predicted octanol–water partition coefficient (Wildman–Crippen LogP) is 2.86. The molecule has 0 saturated carbocycles. The number of likely N-dealkylation sites (tertiary alicyclic amines) is 1. The van der Waals surface area contributed by atoms with Crippen LogP contribution in [0, 0.1) is 0 Å². The third kappa shape index (κ3) is 3.54. The molecular weight excluding hydrogens is 426 g/mol. The standard InChI is InChI=1S/C23H21N5O3S/c24-21(30)20-14-7-1-2-8-15(14)23(31)28(26-20)13-19(29)27-12-6-5-10-17(27)22-25-16-9-3-4-11-18(16)32-22/h1-4,7-9,11,17H,5-6,10,12-13H2,(H2,24,30). The normalized spacial score (nSPS) is 16.5. The van der Waals surface area contributed by atoms with E-state index in [1.165, 1.54) is 0 Å². The fourth-order valence-electron chi connectivity index (χ4n) is 4.26. The first-order valence-corrected chi connectivity index (χ1v) is 11.3. The smallest absolute Gasteiger partial charge is 0.275 e. The molecule has 2 aromatic heterocycles. The summed E-state index contributed by atoms with van der Waals surface area (Å²) in [6, 6.07) is 14.4. The molecule has 0 spiro atoms. The number of nitrogens with zero attached hydrogens (tertiary/aromatic N) is 4. The van der Waals surface area contributed by atoms with Crippen molar-refractivity contribution in [2.45, 2.75) is 31.8 Å². The minimum absolute atomic E-state index is 0.0191. The van der Waals surface area contributed by atoms with E-state index in [0.717, 1.165) is 39.2 Å². The van der Waals surface area contributed by atoms with Crippen LogP contribution in [-0.2, 0) is 11.3 Å². The number of hydrogen-bond donors (Lipinski definition) is 1. The van der Waals surface area contributed by atoms with Crippen LogP contribution in [0.1, 0.15) is 40.8 Å². The Morgan fingerprint density at radius 1 is 1.06 bits per heavy atom. The number of nitrogens with two attached hydrogens (primary N) is 1. The SMILES string of the molecule is NC(=O)c1nn(CC(=O)N2CCCCC2c2nc3ccccc3s2)c(=O)c2ccccc12. The topological polar surface area (TPSA) is 111 Å². The average molecular weight is 448 g/mol. The number of carbonyl (C=O) groups excluding carboxylic acids is 2. The van der Waals surface area contributed by atoms with E-state index in [2.05, 4.69) is 5.10 Å². The van der Waals surface area contributed by atoms with Crippen molar-refractivity contribution in [1.29, 1.82) is 0 Å². The van der Waals surface area contributed by atoms with Crippen molar-refractivity contribution in [1.82, 2.24) is 19.7 Å². The van der Waals surface area contributed by atoms with Crippen LogP contribution in [0.25, 0.3) is 21.0 Å². The van der Waals surface area contributed by atoms with E-state index < -0.39 is 11.5 Å². The minimum atomic E-state index is -0.743. The van der Waals surface area contributed by atoms with Gasteiger partial charge >= 0.3 is 0 Å². The number of piperidine rings is 1.